The summed E-state index contributed by atoms with van der Waals surface area (Å²) in [6.45, 7) is -0.0410. The van der Waals surface area contributed by atoms with Crippen molar-refractivity contribution in [2.75, 3.05) is 11.9 Å². The lowest BCUT2D eigenvalue weighted by Gasteiger charge is -2.18. The Balaban J connectivity index is 2.34. The molecule has 0 fully saturated rings. The Hall–Kier alpha value is -2.08. The minimum Gasteiger partial charge on any atom is -0.482 e. The third-order valence-electron chi connectivity index (χ3n) is 2.01. The molecule has 4 N–H and O–H groups in total. The van der Waals surface area contributed by atoms with Gasteiger partial charge in [-0.2, -0.15) is 0 Å². The van der Waals surface area contributed by atoms with Crippen LogP contribution in [0, 0.1) is 0 Å². The van der Waals surface area contributed by atoms with Crippen molar-refractivity contribution in [1.29, 1.82) is 0 Å². The first-order chi connectivity index (χ1) is 7.20. The summed E-state index contributed by atoms with van der Waals surface area (Å²) in [5, 5.41) is 2.62. The quantitative estimate of drug-likeness (QED) is 0.332. The third-order valence-corrected chi connectivity index (χ3v) is 2.01. The van der Waals surface area contributed by atoms with Gasteiger partial charge in [0, 0.05) is 5.56 Å². The first-order valence-electron chi connectivity index (χ1n) is 4.28. The summed E-state index contributed by atoms with van der Waals surface area (Å²) in [6, 6.07) is 4.67. The van der Waals surface area contributed by atoms with E-state index in [4.69, 9.17) is 10.6 Å². The minimum atomic E-state index is -0.404. The number of hydrazine groups is 1. The molecule has 0 saturated heterocycles. The fourth-order valence-electron chi connectivity index (χ4n) is 1.30. The van der Waals surface area contributed by atoms with Gasteiger partial charge < -0.3 is 10.1 Å². The maximum Gasteiger partial charge on any atom is 0.265 e. The van der Waals surface area contributed by atoms with E-state index in [1.165, 1.54) is 6.07 Å². The van der Waals surface area contributed by atoms with E-state index in [1.807, 2.05) is 5.43 Å². The second-order valence-corrected chi connectivity index (χ2v) is 3.02. The number of carbonyl (C=O) groups is 2. The van der Waals surface area contributed by atoms with Crippen LogP contribution in [-0.2, 0) is 4.79 Å². The fourth-order valence-corrected chi connectivity index (χ4v) is 1.30. The van der Waals surface area contributed by atoms with Crippen molar-refractivity contribution in [3.63, 3.8) is 0 Å². The number of nitrogens with one attached hydrogen (secondary N) is 2. The lowest BCUT2D eigenvalue weighted by molar-refractivity contribution is -0.118. The zero-order chi connectivity index (χ0) is 10.8. The molecule has 0 bridgehead atoms. The number of hydrogen-bond acceptors (Lipinski definition) is 4. The van der Waals surface area contributed by atoms with Gasteiger partial charge in [0.25, 0.3) is 11.8 Å². The summed E-state index contributed by atoms with van der Waals surface area (Å²) in [6.07, 6.45) is 0. The molecule has 1 heterocycles. The van der Waals surface area contributed by atoms with E-state index < -0.39 is 5.91 Å². The molecule has 0 aliphatic carbocycles. The van der Waals surface area contributed by atoms with Gasteiger partial charge >= 0.3 is 0 Å². The number of nitrogens with two attached hydrogens (primary N) is 1. The van der Waals surface area contributed by atoms with Gasteiger partial charge in [-0.1, -0.05) is 0 Å². The van der Waals surface area contributed by atoms with Gasteiger partial charge in [-0.3, -0.25) is 15.0 Å². The fraction of sp³-hybridized carbons (Fsp3) is 0.111. The minimum absolute atomic E-state index is 0.0410. The number of carbonyl (C=O) groups excluding carboxylic acids is 2. The van der Waals surface area contributed by atoms with Gasteiger partial charge in [-0.05, 0) is 18.2 Å². The summed E-state index contributed by atoms with van der Waals surface area (Å²) >= 11 is 0. The first kappa shape index (κ1) is 9.47. The number of hydrogen-bond donors (Lipinski definition) is 3. The molecule has 6 nitrogen and oxygen atoms in total. The molecule has 1 aliphatic heterocycles. The Bertz CT molecular complexity index is 431. The van der Waals surface area contributed by atoms with Crippen molar-refractivity contribution >= 4 is 17.5 Å². The van der Waals surface area contributed by atoms with E-state index in [1.54, 1.807) is 12.1 Å². The topological polar surface area (TPSA) is 93.4 Å². The van der Waals surface area contributed by atoms with Crippen LogP contribution in [0.5, 0.6) is 5.75 Å². The number of anilines is 1. The lowest BCUT2D eigenvalue weighted by Crippen LogP contribution is -2.30. The third kappa shape index (κ3) is 1.75. The summed E-state index contributed by atoms with van der Waals surface area (Å²) < 4.78 is 5.14. The number of amides is 2. The number of fused-ring (bicyclic) bond motifs is 1. The molecule has 0 unspecified atom stereocenters. The van der Waals surface area contributed by atoms with Crippen molar-refractivity contribution in [3.8, 4) is 5.75 Å². The van der Waals surface area contributed by atoms with Crippen LogP contribution in [0.25, 0.3) is 0 Å². The van der Waals surface area contributed by atoms with E-state index >= 15 is 0 Å². The monoisotopic (exact) mass is 207 g/mol. The molecular formula is C9H9N3O3. The second kappa shape index (κ2) is 3.58. The van der Waals surface area contributed by atoms with Crippen LogP contribution in [0.4, 0.5) is 5.69 Å². The molecule has 1 aliphatic rings. The molecule has 1 aromatic carbocycles. The second-order valence-electron chi connectivity index (χ2n) is 3.02. The molecule has 0 radical (unpaired) electrons. The smallest absolute Gasteiger partial charge is 0.265 e. The summed E-state index contributed by atoms with van der Waals surface area (Å²) in [5.41, 5.74) is 2.95. The van der Waals surface area contributed by atoms with E-state index in [-0.39, 0.29) is 12.5 Å². The van der Waals surface area contributed by atoms with Crippen LogP contribution in [-0.4, -0.2) is 18.4 Å². The average molecular weight is 207 g/mol. The number of nitrogen functional groups attached to an aromatic ring is 1. The van der Waals surface area contributed by atoms with Crippen molar-refractivity contribution in [1.82, 2.24) is 5.43 Å². The average Bonchev–Trinajstić information content (AvgIpc) is 2.27. The van der Waals surface area contributed by atoms with E-state index in [9.17, 15) is 9.59 Å². The Morgan fingerprint density at radius 2 is 2.33 bits per heavy atom. The predicted octanol–water partition coefficient (Wildman–Crippen LogP) is -0.379. The summed E-state index contributed by atoms with van der Waals surface area (Å²) in [7, 11) is 0. The normalized spacial score (nSPS) is 13.5. The van der Waals surface area contributed by atoms with Gasteiger partial charge in [0.2, 0.25) is 0 Å². The highest BCUT2D eigenvalue weighted by Gasteiger charge is 2.17. The van der Waals surface area contributed by atoms with E-state index in [0.717, 1.165) is 0 Å². The Kier molecular flexibility index (Phi) is 2.26. The Morgan fingerprint density at radius 1 is 1.53 bits per heavy atom. The molecule has 78 valence electrons. The van der Waals surface area contributed by atoms with Crippen LogP contribution in [0.1, 0.15) is 10.4 Å². The molecule has 0 atom stereocenters. The standard InChI is InChI=1S/C9H9N3O3/c10-12-9(14)5-1-2-6-7(3-5)15-4-8(13)11-6/h1-3H,4,10H2,(H,11,13)(H,12,14). The van der Waals surface area contributed by atoms with Crippen molar-refractivity contribution < 1.29 is 14.3 Å². The molecule has 0 aromatic heterocycles. The highest BCUT2D eigenvalue weighted by Crippen LogP contribution is 2.28. The summed E-state index contributed by atoms with van der Waals surface area (Å²) in [4.78, 5) is 22.1. The van der Waals surface area contributed by atoms with Crippen LogP contribution in [0.15, 0.2) is 18.2 Å². The molecule has 2 rings (SSSR count). The summed E-state index contributed by atoms with van der Waals surface area (Å²) in [5.74, 6) is 4.85. The molecule has 0 spiro atoms. The largest absolute Gasteiger partial charge is 0.482 e. The zero-order valence-electron chi connectivity index (χ0n) is 7.74. The van der Waals surface area contributed by atoms with Crippen molar-refractivity contribution in [2.24, 2.45) is 5.84 Å². The maximum absolute atomic E-state index is 11.2. The SMILES string of the molecule is NNC(=O)c1ccc2c(c1)OCC(=O)N2. The Morgan fingerprint density at radius 3 is 3.07 bits per heavy atom. The van der Waals surface area contributed by atoms with Crippen molar-refractivity contribution in [3.05, 3.63) is 23.8 Å². The maximum atomic E-state index is 11.2. The highest BCUT2D eigenvalue weighted by atomic mass is 16.5. The molecule has 6 heteroatoms. The van der Waals surface area contributed by atoms with Gasteiger partial charge in [0.15, 0.2) is 6.61 Å². The van der Waals surface area contributed by atoms with Gasteiger partial charge in [0.1, 0.15) is 5.75 Å². The van der Waals surface area contributed by atoms with Crippen LogP contribution in [0.2, 0.25) is 0 Å². The molecule has 1 aromatic rings. The van der Waals surface area contributed by atoms with E-state index in [0.29, 0.717) is 17.0 Å². The molecular weight excluding hydrogens is 198 g/mol. The molecule has 15 heavy (non-hydrogen) atoms. The number of rotatable bonds is 1. The van der Waals surface area contributed by atoms with Crippen molar-refractivity contribution in [2.45, 2.75) is 0 Å². The van der Waals surface area contributed by atoms with Crippen LogP contribution in [0.3, 0.4) is 0 Å². The van der Waals surface area contributed by atoms with Crippen LogP contribution < -0.4 is 21.3 Å². The predicted molar refractivity (Wildman–Crippen MR) is 52.2 cm³/mol. The lowest BCUT2D eigenvalue weighted by atomic mass is 10.1. The first-order valence-corrected chi connectivity index (χ1v) is 4.28. The molecule has 0 saturated carbocycles. The number of ether oxygens (including phenoxy) is 1. The highest BCUT2D eigenvalue weighted by molar-refractivity contribution is 5.98. The Labute approximate surface area is 85.4 Å². The number of benzene rings is 1. The van der Waals surface area contributed by atoms with Crippen LogP contribution >= 0.6 is 0 Å². The van der Waals surface area contributed by atoms with E-state index in [2.05, 4.69) is 5.32 Å². The zero-order valence-corrected chi connectivity index (χ0v) is 7.74. The van der Waals surface area contributed by atoms with Gasteiger partial charge in [-0.15, -0.1) is 0 Å². The van der Waals surface area contributed by atoms with Gasteiger partial charge in [0.05, 0.1) is 5.69 Å². The molecule has 2 amide bonds. The van der Waals surface area contributed by atoms with Gasteiger partial charge in [-0.25, -0.2) is 5.84 Å².